The van der Waals surface area contributed by atoms with Gasteiger partial charge in [0.25, 0.3) is 0 Å². The molecule has 2 N–H and O–H groups in total. The van der Waals surface area contributed by atoms with Gasteiger partial charge in [0, 0.05) is 4.47 Å². The number of anilines is 1. The highest BCUT2D eigenvalue weighted by molar-refractivity contribution is 9.10. The average Bonchev–Trinajstić information content (AvgIpc) is 2.20. The predicted octanol–water partition coefficient (Wildman–Crippen LogP) is 1.79. The Hall–Kier alpha value is -0.940. The fourth-order valence-electron chi connectivity index (χ4n) is 1.62. The Morgan fingerprint density at radius 3 is 3.06 bits per heavy atom. The number of benzene rings is 1. The van der Waals surface area contributed by atoms with Gasteiger partial charge in [-0.2, -0.15) is 0 Å². The molecule has 1 amide bonds. The number of carbonyl (C=O) groups excluding carboxylic acids is 1. The first-order valence-corrected chi connectivity index (χ1v) is 5.90. The summed E-state index contributed by atoms with van der Waals surface area (Å²) < 4.78 is 6.26. The number of primary amides is 1. The van der Waals surface area contributed by atoms with Crippen LogP contribution in [0.15, 0.2) is 16.6 Å². The van der Waals surface area contributed by atoms with E-state index in [4.69, 9.17) is 22.1 Å². The molecule has 0 radical (unpaired) electrons. The van der Waals surface area contributed by atoms with E-state index >= 15 is 0 Å². The minimum Gasteiger partial charge on any atom is -0.490 e. The summed E-state index contributed by atoms with van der Waals surface area (Å²) >= 11 is 9.33. The molecule has 4 nitrogen and oxygen atoms in total. The zero-order chi connectivity index (χ0) is 11.7. The van der Waals surface area contributed by atoms with Crippen LogP contribution in [0.5, 0.6) is 5.75 Å². The van der Waals surface area contributed by atoms with E-state index in [2.05, 4.69) is 15.9 Å². The molecule has 1 heterocycles. The third kappa shape index (κ3) is 2.25. The molecule has 86 valence electrons. The van der Waals surface area contributed by atoms with Crippen LogP contribution in [0.25, 0.3) is 0 Å². The number of rotatable bonds is 2. The lowest BCUT2D eigenvalue weighted by atomic mass is 10.2. The molecule has 0 aromatic heterocycles. The van der Waals surface area contributed by atoms with E-state index in [1.54, 1.807) is 12.1 Å². The van der Waals surface area contributed by atoms with Crippen LogP contribution in [0.2, 0.25) is 5.02 Å². The Labute approximate surface area is 106 Å². The first kappa shape index (κ1) is 11.5. The number of halogens is 2. The second-order valence-corrected chi connectivity index (χ2v) is 4.73. The molecular weight excluding hydrogens is 295 g/mol. The van der Waals surface area contributed by atoms with Crippen LogP contribution >= 0.6 is 27.5 Å². The van der Waals surface area contributed by atoms with Crippen molar-refractivity contribution in [2.75, 3.05) is 24.6 Å². The van der Waals surface area contributed by atoms with Crippen LogP contribution in [0.1, 0.15) is 0 Å². The van der Waals surface area contributed by atoms with Crippen LogP contribution in [0.4, 0.5) is 5.69 Å². The highest BCUT2D eigenvalue weighted by Crippen LogP contribution is 2.38. The molecule has 1 aromatic rings. The van der Waals surface area contributed by atoms with Gasteiger partial charge in [-0.1, -0.05) is 11.6 Å². The number of hydrogen-bond donors (Lipinski definition) is 1. The van der Waals surface area contributed by atoms with E-state index in [0.717, 1.165) is 10.2 Å². The van der Waals surface area contributed by atoms with Crippen molar-refractivity contribution in [3.05, 3.63) is 21.6 Å². The van der Waals surface area contributed by atoms with Gasteiger partial charge in [-0.15, -0.1) is 0 Å². The van der Waals surface area contributed by atoms with Gasteiger partial charge in [-0.05, 0) is 28.1 Å². The first-order valence-electron chi connectivity index (χ1n) is 4.73. The van der Waals surface area contributed by atoms with Crippen molar-refractivity contribution >= 4 is 39.1 Å². The molecule has 1 aliphatic rings. The Morgan fingerprint density at radius 1 is 1.62 bits per heavy atom. The maximum absolute atomic E-state index is 10.9. The minimum absolute atomic E-state index is 0.175. The average molecular weight is 306 g/mol. The van der Waals surface area contributed by atoms with E-state index in [9.17, 15) is 4.79 Å². The number of amides is 1. The quantitative estimate of drug-likeness (QED) is 0.906. The van der Waals surface area contributed by atoms with Gasteiger partial charge < -0.3 is 15.4 Å². The molecule has 0 aliphatic carbocycles. The lowest BCUT2D eigenvalue weighted by Gasteiger charge is -2.30. The smallest absolute Gasteiger partial charge is 0.236 e. The maximum Gasteiger partial charge on any atom is 0.236 e. The number of nitrogens with zero attached hydrogens (tertiary/aromatic N) is 1. The summed E-state index contributed by atoms with van der Waals surface area (Å²) in [7, 11) is 0. The van der Waals surface area contributed by atoms with Gasteiger partial charge in [0.05, 0.1) is 23.8 Å². The van der Waals surface area contributed by atoms with Crippen LogP contribution in [0, 0.1) is 0 Å². The lowest BCUT2D eigenvalue weighted by Crippen LogP contribution is -2.39. The summed E-state index contributed by atoms with van der Waals surface area (Å²) in [5, 5.41) is 0.582. The first-order chi connectivity index (χ1) is 7.58. The van der Waals surface area contributed by atoms with Gasteiger partial charge in [0.2, 0.25) is 5.91 Å². The summed E-state index contributed by atoms with van der Waals surface area (Å²) in [6, 6.07) is 3.56. The van der Waals surface area contributed by atoms with Crippen molar-refractivity contribution in [3.8, 4) is 5.75 Å². The highest BCUT2D eigenvalue weighted by Gasteiger charge is 2.20. The Bertz CT molecular complexity index is 439. The lowest BCUT2D eigenvalue weighted by molar-refractivity contribution is -0.116. The third-order valence-electron chi connectivity index (χ3n) is 2.31. The van der Waals surface area contributed by atoms with Crippen LogP contribution < -0.4 is 15.4 Å². The molecule has 0 saturated carbocycles. The summed E-state index contributed by atoms with van der Waals surface area (Å²) in [5.41, 5.74) is 5.99. The van der Waals surface area contributed by atoms with Crippen molar-refractivity contribution < 1.29 is 9.53 Å². The molecule has 0 saturated heterocycles. The Balaban J connectivity index is 2.37. The predicted molar refractivity (Wildman–Crippen MR) is 66.1 cm³/mol. The minimum atomic E-state index is -0.369. The van der Waals surface area contributed by atoms with Crippen LogP contribution in [-0.2, 0) is 4.79 Å². The number of ether oxygens (including phenoxy) is 1. The second kappa shape index (κ2) is 4.51. The molecule has 16 heavy (non-hydrogen) atoms. The normalized spacial score (nSPS) is 14.2. The van der Waals surface area contributed by atoms with Gasteiger partial charge >= 0.3 is 0 Å². The van der Waals surface area contributed by atoms with E-state index in [-0.39, 0.29) is 12.5 Å². The number of carbonyl (C=O) groups is 1. The molecule has 0 unspecified atom stereocenters. The van der Waals surface area contributed by atoms with Gasteiger partial charge in [0.1, 0.15) is 12.4 Å². The zero-order valence-electron chi connectivity index (χ0n) is 8.37. The SMILES string of the molecule is NC(=O)CN1CCOc2cc(Br)c(Cl)cc21. The fraction of sp³-hybridized carbons (Fsp3) is 0.300. The standard InChI is InChI=1S/C10H10BrClN2O2/c11-6-3-9-8(4-7(6)12)14(1-2-16-9)5-10(13)15/h3-4H,1-2,5H2,(H2,13,15). The van der Waals surface area contributed by atoms with Gasteiger partial charge in [0.15, 0.2) is 0 Å². The molecule has 2 rings (SSSR count). The van der Waals surface area contributed by atoms with E-state index in [1.807, 2.05) is 4.90 Å². The molecule has 0 atom stereocenters. The number of fused-ring (bicyclic) bond motifs is 1. The largest absolute Gasteiger partial charge is 0.490 e. The van der Waals surface area contributed by atoms with Crippen molar-refractivity contribution in [1.82, 2.24) is 0 Å². The number of nitrogens with two attached hydrogens (primary N) is 1. The molecule has 0 fully saturated rings. The van der Waals surface area contributed by atoms with Crippen LogP contribution in [0.3, 0.4) is 0 Å². The molecule has 0 bridgehead atoms. The van der Waals surface area contributed by atoms with Crippen molar-refractivity contribution in [1.29, 1.82) is 0 Å². The zero-order valence-corrected chi connectivity index (χ0v) is 10.7. The molecular formula is C10H10BrClN2O2. The fourth-order valence-corrected chi connectivity index (χ4v) is 2.10. The molecule has 0 spiro atoms. The highest BCUT2D eigenvalue weighted by atomic mass is 79.9. The summed E-state index contributed by atoms with van der Waals surface area (Å²) in [6.07, 6.45) is 0. The van der Waals surface area contributed by atoms with E-state index in [1.165, 1.54) is 0 Å². The third-order valence-corrected chi connectivity index (χ3v) is 3.51. The van der Waals surface area contributed by atoms with Crippen molar-refractivity contribution in [3.63, 3.8) is 0 Å². The van der Waals surface area contributed by atoms with Gasteiger partial charge in [-0.3, -0.25) is 4.79 Å². The van der Waals surface area contributed by atoms with E-state index in [0.29, 0.717) is 23.9 Å². The number of hydrogen-bond acceptors (Lipinski definition) is 3. The van der Waals surface area contributed by atoms with E-state index < -0.39 is 0 Å². The van der Waals surface area contributed by atoms with Crippen molar-refractivity contribution in [2.24, 2.45) is 5.73 Å². The van der Waals surface area contributed by atoms with Gasteiger partial charge in [-0.25, -0.2) is 0 Å². The Kier molecular flexibility index (Phi) is 3.25. The Morgan fingerprint density at radius 2 is 2.38 bits per heavy atom. The molecule has 1 aromatic carbocycles. The summed E-state index contributed by atoms with van der Waals surface area (Å²) in [5.74, 6) is 0.343. The summed E-state index contributed by atoms with van der Waals surface area (Å²) in [6.45, 7) is 1.34. The van der Waals surface area contributed by atoms with Crippen LogP contribution in [-0.4, -0.2) is 25.6 Å². The van der Waals surface area contributed by atoms with Crippen molar-refractivity contribution in [2.45, 2.75) is 0 Å². The molecule has 1 aliphatic heterocycles. The topological polar surface area (TPSA) is 55.6 Å². The maximum atomic E-state index is 10.9. The monoisotopic (exact) mass is 304 g/mol. The molecule has 6 heteroatoms. The second-order valence-electron chi connectivity index (χ2n) is 3.47. The summed E-state index contributed by atoms with van der Waals surface area (Å²) in [4.78, 5) is 12.8.